The summed E-state index contributed by atoms with van der Waals surface area (Å²) in [6.07, 6.45) is 5.49. The molecule has 11 rings (SSSR count). The van der Waals surface area contributed by atoms with Crippen molar-refractivity contribution >= 4 is 45.6 Å². The van der Waals surface area contributed by atoms with E-state index >= 15 is 0 Å². The smallest absolute Gasteiger partial charge is 0.220 e. The van der Waals surface area contributed by atoms with E-state index in [4.69, 9.17) is 47.4 Å². The van der Waals surface area contributed by atoms with Crippen LogP contribution in [0.25, 0.3) is 21.8 Å². The molecule has 0 saturated heterocycles. The molecule has 0 unspecified atom stereocenters. The maximum Gasteiger partial charge on any atom is 0.220 e. The second-order valence-electron chi connectivity index (χ2n) is 40.8. The van der Waals surface area contributed by atoms with Gasteiger partial charge in [-0.1, -0.05) is 247 Å². The lowest BCUT2D eigenvalue weighted by Crippen LogP contribution is -2.23. The first-order chi connectivity index (χ1) is 58.2. The Morgan fingerprint density at radius 2 is 0.734 bits per heavy atom. The van der Waals surface area contributed by atoms with Crippen LogP contribution in [0.3, 0.4) is 0 Å². The van der Waals surface area contributed by atoms with Crippen LogP contribution in [0.1, 0.15) is 324 Å². The molecule has 23 nitrogen and oxygen atoms in total. The monoisotopic (exact) mass is 1750 g/mol. The number of fused-ring (bicyclic) bond motifs is 2. The zero-order chi connectivity index (χ0) is 95.3. The predicted molar refractivity (Wildman–Crippen MR) is 541 cm³/mol. The zero-order valence-corrected chi connectivity index (χ0v) is 84.0. The second-order valence-corrected chi connectivity index (χ2v) is 40.8. The molecule has 0 atom stereocenters. The summed E-state index contributed by atoms with van der Waals surface area (Å²) in [4.78, 5) is 66.9. The van der Waals surface area contributed by atoms with E-state index in [1.165, 1.54) is 44.6 Å². The highest BCUT2D eigenvalue weighted by Crippen LogP contribution is 2.36. The van der Waals surface area contributed by atoms with Crippen LogP contribution in [0.15, 0.2) is 104 Å². The van der Waals surface area contributed by atoms with E-state index < -0.39 is 0 Å². The van der Waals surface area contributed by atoms with E-state index in [2.05, 4.69) is 312 Å². The van der Waals surface area contributed by atoms with Crippen LogP contribution in [0, 0.1) is 48.5 Å². The maximum atomic E-state index is 5.82. The summed E-state index contributed by atoms with van der Waals surface area (Å²) in [5, 5.41) is 5.58. The normalized spacial score (nSPS) is 11.7. The molecule has 0 aliphatic heterocycles. The fourth-order valence-electron chi connectivity index (χ4n) is 14.1. The Morgan fingerprint density at radius 1 is 0.391 bits per heavy atom. The number of anilines is 4. The number of aromatic nitrogens is 14. The van der Waals surface area contributed by atoms with Crippen molar-refractivity contribution in [3.63, 3.8) is 0 Å². The second kappa shape index (κ2) is 47.6. The lowest BCUT2D eigenvalue weighted by molar-refractivity contribution is 0.388. The Morgan fingerprint density at radius 3 is 1.05 bits per heavy atom. The largest absolute Gasteiger partial charge is 0.497 e. The van der Waals surface area contributed by atoms with E-state index in [0.717, 1.165) is 171 Å². The highest BCUT2D eigenvalue weighted by Gasteiger charge is 2.29. The molecule has 11 aromatic rings. The third kappa shape index (κ3) is 34.4. The van der Waals surface area contributed by atoms with Gasteiger partial charge >= 0.3 is 0 Å². The third-order valence-electron chi connectivity index (χ3n) is 20.2. The fourth-order valence-corrected chi connectivity index (χ4v) is 14.1. The van der Waals surface area contributed by atoms with Crippen molar-refractivity contribution in [2.75, 3.05) is 71.9 Å². The molecule has 0 bridgehead atoms. The number of benzene rings is 4. The molecule has 0 aliphatic carbocycles. The molecule has 23 heteroatoms. The van der Waals surface area contributed by atoms with Crippen LogP contribution in [0.4, 0.5) is 23.8 Å². The molecule has 7 aromatic heterocycles. The number of ether oxygens (including phenoxy) is 2. The Bertz CT molecular complexity index is 5130. The van der Waals surface area contributed by atoms with Crippen molar-refractivity contribution in [2.24, 2.45) is 0 Å². The van der Waals surface area contributed by atoms with Gasteiger partial charge in [0.2, 0.25) is 23.8 Å². The topological polar surface area (TPSA) is 322 Å². The molecular formula is C105H163N21O2. The van der Waals surface area contributed by atoms with Gasteiger partial charge in [0, 0.05) is 102 Å². The van der Waals surface area contributed by atoms with Crippen LogP contribution < -0.4 is 37.7 Å². The molecule has 0 aliphatic rings. The fraction of sp³-hybridized carbons (Fsp3) is 0.524. The van der Waals surface area contributed by atoms with Gasteiger partial charge in [0.05, 0.1) is 84.7 Å². The third-order valence-corrected chi connectivity index (χ3v) is 20.2. The average Bonchev–Trinajstić information content (AvgIpc) is 0.778. The highest BCUT2D eigenvalue weighted by atomic mass is 16.5. The van der Waals surface area contributed by atoms with E-state index in [9.17, 15) is 0 Å². The molecule has 7 heterocycles. The summed E-state index contributed by atoms with van der Waals surface area (Å²) in [6.45, 7) is 73.2. The van der Waals surface area contributed by atoms with Crippen molar-refractivity contribution in [1.29, 1.82) is 0 Å². The van der Waals surface area contributed by atoms with Crippen molar-refractivity contribution in [2.45, 2.75) is 319 Å². The number of nitrogens with one attached hydrogen (secondary N) is 1. The van der Waals surface area contributed by atoms with Crippen LogP contribution in [-0.4, -0.2) is 129 Å². The van der Waals surface area contributed by atoms with Gasteiger partial charge in [0.25, 0.3) is 0 Å². The number of nitrogens with zero attached hydrogens (tertiary/aromatic N) is 16. The summed E-state index contributed by atoms with van der Waals surface area (Å²) in [5.74, 6) is 6.16. The van der Waals surface area contributed by atoms with Gasteiger partial charge in [-0.3, -0.25) is 0 Å². The lowest BCUT2D eigenvalue weighted by atomic mass is 9.84. The molecule has 9 N–H and O–H groups in total. The first-order valence-corrected chi connectivity index (χ1v) is 44.0. The van der Waals surface area contributed by atoms with Crippen molar-refractivity contribution in [3.8, 4) is 11.5 Å². The van der Waals surface area contributed by atoms with E-state index in [1.54, 1.807) is 14.2 Å². The number of nitrogens with two attached hydrogens (primary N) is 4. The number of methoxy groups -OCH3 is 2. The SMILES string of the molecule is C.C.C=CCc1c(C)nc(N)nc1C(C)(C)C.CCCNCc1nc(C)c(C(C)C)c(C(C)(C)C)n1.COc1ccc2c(C(C)(C)C)nc(CN(C)C)nc2c1.COc1ccc2c(C(C)(C)C)nc(CN(C)C)nc2c1.Cc1cc(C(C)(C)C)nc(N)n1.Cc1ccc(Cc2c(C)nc(N)nc2C(C)(C)C)cc1.Cc1ccc(Cc2c(C)nc(N)nc2C(C)(C)C)cc1. The van der Waals surface area contributed by atoms with Crippen LogP contribution in [0.2, 0.25) is 0 Å². The molecule has 700 valence electrons. The number of hydrogen-bond donors (Lipinski definition) is 5. The number of hydrogen-bond acceptors (Lipinski definition) is 23. The number of rotatable bonds is 17. The van der Waals surface area contributed by atoms with Gasteiger partial charge in [-0.25, -0.2) is 69.8 Å². The Labute approximate surface area is 771 Å². The molecule has 0 radical (unpaired) electrons. The summed E-state index contributed by atoms with van der Waals surface area (Å²) in [7, 11) is 11.4. The molecule has 128 heavy (non-hydrogen) atoms. The lowest BCUT2D eigenvalue weighted by Gasteiger charge is -2.25. The van der Waals surface area contributed by atoms with Crippen LogP contribution >= 0.6 is 0 Å². The molecule has 0 saturated carbocycles. The van der Waals surface area contributed by atoms with E-state index in [0.29, 0.717) is 29.7 Å². The first kappa shape index (κ1) is 112. The van der Waals surface area contributed by atoms with Gasteiger partial charge in [0.1, 0.15) is 29.0 Å². The van der Waals surface area contributed by atoms with Crippen LogP contribution in [0.5, 0.6) is 11.5 Å². The standard InChI is InChI=1S/2C17H23N3.2C16H23N3O.C16H29N3.C12H19N3.C9H15N3.2CH4/c2*1-11-6-8-13(9-7-11)10-14-12(2)19-16(18)20-15(14)17(3,4)5;2*1-16(2,3)15-12-8-7-11(20-6)9-13(12)17-14(18-15)10-19(4)5;1-8-9-17-10-13-18-12(4)14(11(2)3)15(19-13)16(5,6)7;1-6-7-9-8(2)14-11(13)15-10(9)12(3,4)5;1-6-5-7(9(2,3)4)12-8(10)11-6;;/h2*6-9H,10H2,1-5H3,(H2,18,19,20);2*7-9H,10H2,1-6H3;11,17H,8-10H2,1-7H3;6H,1,7H2,2-5H3,(H2,13,14,15);5H,1-4H3,(H2,10,11,12);2*1H4. The molecule has 0 fully saturated rings. The Balaban J connectivity index is 0.000000386. The molecule has 0 spiro atoms. The highest BCUT2D eigenvalue weighted by molar-refractivity contribution is 5.84. The summed E-state index contributed by atoms with van der Waals surface area (Å²) < 4.78 is 10.6. The van der Waals surface area contributed by atoms with Crippen molar-refractivity contribution < 1.29 is 9.47 Å². The molecular weight excluding hydrogens is 1590 g/mol. The Hall–Kier alpha value is -10.6. The van der Waals surface area contributed by atoms with Gasteiger partial charge < -0.3 is 47.5 Å². The van der Waals surface area contributed by atoms with Gasteiger partial charge in [-0.15, -0.1) is 6.58 Å². The summed E-state index contributed by atoms with van der Waals surface area (Å²) in [5.41, 5.74) is 47.1. The quantitative estimate of drug-likeness (QED) is 0.0418. The minimum absolute atomic E-state index is 0. The minimum Gasteiger partial charge on any atom is -0.497 e. The van der Waals surface area contributed by atoms with Crippen molar-refractivity contribution in [3.05, 3.63) is 234 Å². The van der Waals surface area contributed by atoms with E-state index in [-0.39, 0.29) is 52.8 Å². The van der Waals surface area contributed by atoms with Gasteiger partial charge in [-0.2, -0.15) is 0 Å². The summed E-state index contributed by atoms with van der Waals surface area (Å²) in [6, 6.07) is 31.2. The molecule has 0 amide bonds. The number of allylic oxidation sites excluding steroid dienone is 1. The van der Waals surface area contributed by atoms with Gasteiger partial charge in [0.15, 0.2) is 0 Å². The molecule has 4 aromatic carbocycles. The minimum atomic E-state index is -0.0398. The maximum absolute atomic E-state index is 5.82. The van der Waals surface area contributed by atoms with Crippen LogP contribution in [-0.2, 0) is 76.8 Å². The number of aryl methyl sites for hydroxylation is 7. The number of nitrogen functional groups attached to an aromatic ring is 4. The summed E-state index contributed by atoms with van der Waals surface area (Å²) >= 11 is 0. The Kier molecular flexibility index (Phi) is 41.5. The zero-order valence-electron chi connectivity index (χ0n) is 84.0. The van der Waals surface area contributed by atoms with Crippen molar-refractivity contribution in [1.82, 2.24) is 84.9 Å². The predicted octanol–water partition coefficient (Wildman–Crippen LogP) is 22.2. The average molecular weight is 1750 g/mol. The van der Waals surface area contributed by atoms with Gasteiger partial charge in [-0.05, 0) is 166 Å². The first-order valence-electron chi connectivity index (χ1n) is 44.0. The van der Waals surface area contributed by atoms with E-state index in [1.807, 2.05) is 104 Å².